The highest BCUT2D eigenvalue weighted by atomic mass is 15.4. The summed E-state index contributed by atoms with van der Waals surface area (Å²) in [5.41, 5.74) is 17.1. The van der Waals surface area contributed by atoms with Crippen LogP contribution >= 0.6 is 0 Å². The lowest BCUT2D eigenvalue weighted by Crippen LogP contribution is -2.14. The van der Waals surface area contributed by atoms with Crippen LogP contribution in [0.3, 0.4) is 0 Å². The molecule has 7 heteroatoms. The van der Waals surface area contributed by atoms with Gasteiger partial charge in [-0.2, -0.15) is 5.11 Å². The molecule has 0 saturated heterocycles. The Balaban J connectivity index is 0.871. The van der Waals surface area contributed by atoms with E-state index in [1.54, 1.807) is 0 Å². The van der Waals surface area contributed by atoms with Gasteiger partial charge >= 0.3 is 0 Å². The molecule has 0 aromatic heterocycles. The third kappa shape index (κ3) is 9.69. The number of nitrogens with zero attached hydrogens (tertiary/aromatic N) is 4. The molecular weight excluding hydrogens is 783 g/mol. The maximum absolute atomic E-state index is 4.81. The maximum atomic E-state index is 4.81. The van der Waals surface area contributed by atoms with Crippen LogP contribution in [0.15, 0.2) is 178 Å². The lowest BCUT2D eigenvalue weighted by molar-refractivity contribution is 0.303. The fourth-order valence-electron chi connectivity index (χ4n) is 9.31. The second-order valence-corrected chi connectivity index (χ2v) is 17.5. The van der Waals surface area contributed by atoms with E-state index in [2.05, 4.69) is 145 Å². The topological polar surface area (TPSA) is 85.5 Å². The van der Waals surface area contributed by atoms with Crippen molar-refractivity contribution < 1.29 is 0 Å². The second kappa shape index (κ2) is 20.1. The maximum Gasteiger partial charge on any atom is 0.0936 e. The van der Waals surface area contributed by atoms with Crippen molar-refractivity contribution in [3.8, 4) is 11.1 Å². The predicted molar refractivity (Wildman–Crippen MR) is 272 cm³/mol. The first-order valence-corrected chi connectivity index (χ1v) is 23.4. The van der Waals surface area contributed by atoms with E-state index in [9.17, 15) is 0 Å². The molecule has 7 nitrogen and oxygen atoms in total. The molecule has 0 radical (unpaired) electrons. The van der Waals surface area contributed by atoms with Gasteiger partial charge in [-0.25, -0.2) is 0 Å². The molecule has 1 atom stereocenters. The molecule has 1 aliphatic rings. The van der Waals surface area contributed by atoms with Gasteiger partial charge in [0.1, 0.15) is 0 Å². The molecule has 1 saturated carbocycles. The smallest absolute Gasteiger partial charge is 0.0936 e. The monoisotopic (exact) mass is 841 g/mol. The van der Waals surface area contributed by atoms with Crippen LogP contribution in [0.4, 0.5) is 39.8 Å². The number of unbranched alkanes of at least 4 members (excludes halogenated alkanes) is 2. The lowest BCUT2D eigenvalue weighted by Gasteiger charge is -2.29. The SMILES string of the molecule is CCCCCC1CCC(c2ccc(-c3ccc(N=Nc4ccc(N=Nc5ccc(NNc6ccc(NC(C)CC)c7ccccc67)c6ccccc56)c5ccccc45)cc3)cc2)CC1. The van der Waals surface area contributed by atoms with Crippen molar-refractivity contribution in [1.29, 1.82) is 0 Å². The summed E-state index contributed by atoms with van der Waals surface area (Å²) in [6.45, 7) is 6.71. The van der Waals surface area contributed by atoms with E-state index >= 15 is 0 Å². The summed E-state index contributed by atoms with van der Waals surface area (Å²) in [5.74, 6) is 1.64. The molecule has 1 fully saturated rings. The molecule has 8 aromatic carbocycles. The van der Waals surface area contributed by atoms with E-state index in [0.717, 1.165) is 79.1 Å². The molecule has 0 amide bonds. The Morgan fingerprint density at radius 1 is 0.469 bits per heavy atom. The largest absolute Gasteiger partial charge is 0.382 e. The van der Waals surface area contributed by atoms with Crippen molar-refractivity contribution in [3.05, 3.63) is 163 Å². The first-order chi connectivity index (χ1) is 31.5. The van der Waals surface area contributed by atoms with Crippen molar-refractivity contribution in [3.63, 3.8) is 0 Å². The van der Waals surface area contributed by atoms with Crippen LogP contribution in [-0.2, 0) is 0 Å². The number of rotatable bonds is 16. The van der Waals surface area contributed by atoms with Crippen LogP contribution in [0.5, 0.6) is 0 Å². The molecule has 0 bridgehead atoms. The number of benzene rings is 8. The molecule has 322 valence electrons. The van der Waals surface area contributed by atoms with Gasteiger partial charge in [-0.15, -0.1) is 15.3 Å². The molecule has 8 aromatic rings. The quantitative estimate of drug-likeness (QED) is 0.0514. The second-order valence-electron chi connectivity index (χ2n) is 17.5. The average Bonchev–Trinajstić information content (AvgIpc) is 3.35. The zero-order valence-corrected chi connectivity index (χ0v) is 37.4. The highest BCUT2D eigenvalue weighted by Crippen LogP contribution is 2.40. The molecule has 0 aliphatic heterocycles. The Kier molecular flexibility index (Phi) is 13.3. The van der Waals surface area contributed by atoms with Crippen molar-refractivity contribution >= 4 is 72.1 Å². The molecule has 9 rings (SSSR count). The van der Waals surface area contributed by atoms with Crippen LogP contribution in [0.2, 0.25) is 0 Å². The average molecular weight is 842 g/mol. The molecule has 1 unspecified atom stereocenters. The highest BCUT2D eigenvalue weighted by molar-refractivity contribution is 6.04. The molecule has 0 spiro atoms. The summed E-state index contributed by atoms with van der Waals surface area (Å²) < 4.78 is 0. The zero-order chi connectivity index (χ0) is 43.7. The normalized spacial score (nSPS) is 15.9. The van der Waals surface area contributed by atoms with Gasteiger partial charge in [-0.3, -0.25) is 0 Å². The van der Waals surface area contributed by atoms with Crippen LogP contribution in [0, 0.1) is 5.92 Å². The van der Waals surface area contributed by atoms with Gasteiger partial charge in [-0.1, -0.05) is 149 Å². The first-order valence-electron chi connectivity index (χ1n) is 23.4. The van der Waals surface area contributed by atoms with Gasteiger partial charge in [0, 0.05) is 44.0 Å². The van der Waals surface area contributed by atoms with Crippen molar-refractivity contribution in [1.82, 2.24) is 0 Å². The molecule has 1 aliphatic carbocycles. The first kappa shape index (κ1) is 42.4. The fourth-order valence-corrected chi connectivity index (χ4v) is 9.31. The summed E-state index contributed by atoms with van der Waals surface area (Å²) in [7, 11) is 0. The van der Waals surface area contributed by atoms with E-state index in [4.69, 9.17) is 15.3 Å². The fraction of sp³-hybridized carbons (Fsp3) is 0.263. The molecule has 0 heterocycles. The Morgan fingerprint density at radius 2 is 0.922 bits per heavy atom. The zero-order valence-electron chi connectivity index (χ0n) is 37.4. The van der Waals surface area contributed by atoms with E-state index in [-0.39, 0.29) is 0 Å². The number of hydrogen-bond acceptors (Lipinski definition) is 7. The van der Waals surface area contributed by atoms with E-state index in [1.807, 2.05) is 54.6 Å². The number of hydrazine groups is 1. The lowest BCUT2D eigenvalue weighted by atomic mass is 9.77. The summed E-state index contributed by atoms with van der Waals surface area (Å²) in [4.78, 5) is 0. The van der Waals surface area contributed by atoms with Crippen LogP contribution in [-0.4, -0.2) is 6.04 Å². The third-order valence-electron chi connectivity index (χ3n) is 13.2. The summed E-state index contributed by atoms with van der Waals surface area (Å²) >= 11 is 0. The Morgan fingerprint density at radius 3 is 1.48 bits per heavy atom. The number of anilines is 3. The van der Waals surface area contributed by atoms with E-state index < -0.39 is 0 Å². The minimum Gasteiger partial charge on any atom is -0.382 e. The summed E-state index contributed by atoms with van der Waals surface area (Å²) in [5, 5.41) is 28.9. The standard InChI is InChI=1S/C57H59N7/c1-4-6-7-14-40-21-23-41(24-22-40)42-25-27-43(28-26-42)44-29-31-45(32-30-44)59-60-53-35-36-55(49-18-11-10-17-48(49)53)63-64-57-38-37-56(50-19-12-13-20-51(50)57)62-61-54-34-33-52(58-39(3)5-2)46-15-8-9-16-47(46)54/h8-13,15-20,25-41,58,61-62H,4-7,14,21-24H2,1-3H3. The van der Waals surface area contributed by atoms with Gasteiger partial charge in [0.25, 0.3) is 0 Å². The number of nitrogens with one attached hydrogen (secondary N) is 3. The van der Waals surface area contributed by atoms with Gasteiger partial charge in [-0.05, 0) is 116 Å². The van der Waals surface area contributed by atoms with Crippen LogP contribution in [0.1, 0.15) is 90.0 Å². The Labute approximate surface area is 378 Å². The molecular formula is C57H59N7. The number of hydrogen-bond donors (Lipinski definition) is 3. The van der Waals surface area contributed by atoms with Crippen molar-refractivity contribution in [2.45, 2.75) is 90.5 Å². The third-order valence-corrected chi connectivity index (χ3v) is 13.2. The van der Waals surface area contributed by atoms with Crippen LogP contribution in [0.25, 0.3) is 43.4 Å². The predicted octanol–water partition coefficient (Wildman–Crippen LogP) is 18.1. The minimum absolute atomic E-state index is 0.389. The molecule has 64 heavy (non-hydrogen) atoms. The van der Waals surface area contributed by atoms with Crippen molar-refractivity contribution in [2.24, 2.45) is 26.4 Å². The van der Waals surface area contributed by atoms with E-state index in [0.29, 0.717) is 12.0 Å². The highest BCUT2D eigenvalue weighted by Gasteiger charge is 2.22. The summed E-state index contributed by atoms with van der Waals surface area (Å²) in [6, 6.07) is 55.3. The minimum atomic E-state index is 0.389. The number of azo groups is 2. The Bertz CT molecular complexity index is 2890. The van der Waals surface area contributed by atoms with Gasteiger partial charge in [0.05, 0.1) is 34.1 Å². The molecule has 3 N–H and O–H groups in total. The summed E-state index contributed by atoms with van der Waals surface area (Å²) in [6.07, 6.45) is 12.0. The van der Waals surface area contributed by atoms with Gasteiger partial charge in [0.15, 0.2) is 0 Å². The number of fused-ring (bicyclic) bond motifs is 3. The Hall–Kier alpha value is -6.86. The van der Waals surface area contributed by atoms with Crippen LogP contribution < -0.4 is 16.2 Å². The van der Waals surface area contributed by atoms with E-state index in [1.165, 1.54) is 73.4 Å². The van der Waals surface area contributed by atoms with Crippen molar-refractivity contribution in [2.75, 3.05) is 16.2 Å². The van der Waals surface area contributed by atoms with Gasteiger partial charge in [0.2, 0.25) is 0 Å². The van der Waals surface area contributed by atoms with Gasteiger partial charge < -0.3 is 16.2 Å².